The van der Waals surface area contributed by atoms with Gasteiger partial charge in [0.25, 0.3) is 0 Å². The fourth-order valence-corrected chi connectivity index (χ4v) is 5.66. The first-order valence-corrected chi connectivity index (χ1v) is 7.32. The van der Waals surface area contributed by atoms with E-state index in [1.54, 1.807) is 0 Å². The van der Waals surface area contributed by atoms with Crippen LogP contribution >= 0.6 is 15.9 Å². The molecule has 4 rings (SSSR count). The van der Waals surface area contributed by atoms with Crippen LogP contribution in [-0.4, -0.2) is 28.6 Å². The summed E-state index contributed by atoms with van der Waals surface area (Å²) in [6, 6.07) is 0. The summed E-state index contributed by atoms with van der Waals surface area (Å²) in [5, 5.41) is 10.6. The van der Waals surface area contributed by atoms with E-state index in [9.17, 15) is 9.90 Å². The largest absolute Gasteiger partial charge is 0.468 e. The van der Waals surface area contributed by atoms with Crippen molar-refractivity contribution in [3.63, 3.8) is 0 Å². The molecule has 4 fully saturated rings. The van der Waals surface area contributed by atoms with Crippen LogP contribution in [0.2, 0.25) is 0 Å². The van der Waals surface area contributed by atoms with Crippen LogP contribution < -0.4 is 0 Å². The van der Waals surface area contributed by atoms with Crippen LogP contribution in [0.1, 0.15) is 38.5 Å². The predicted molar refractivity (Wildman–Crippen MR) is 66.8 cm³/mol. The number of halogens is 1. The van der Waals surface area contributed by atoms with E-state index < -0.39 is 5.60 Å². The third-order valence-electron chi connectivity index (χ3n) is 5.02. The number of hydrogen-bond acceptors (Lipinski definition) is 3. The maximum absolute atomic E-state index is 11.8. The van der Waals surface area contributed by atoms with E-state index in [0.29, 0.717) is 11.8 Å². The van der Waals surface area contributed by atoms with Gasteiger partial charge < -0.3 is 9.84 Å². The minimum absolute atomic E-state index is 0.0636. The van der Waals surface area contributed by atoms with E-state index in [2.05, 4.69) is 15.9 Å². The number of methoxy groups -OCH3 is 1. The number of rotatable bonds is 2. The molecule has 0 aromatic rings. The summed E-state index contributed by atoms with van der Waals surface area (Å²) in [6.45, 7) is 0. The number of esters is 1. The molecule has 0 amide bonds. The van der Waals surface area contributed by atoms with Crippen LogP contribution in [0.4, 0.5) is 0 Å². The number of carbonyl (C=O) groups excluding carboxylic acids is 1. The molecule has 0 aromatic carbocycles. The molecule has 4 aliphatic carbocycles. The summed E-state index contributed by atoms with van der Waals surface area (Å²) < 4.78 is 4.87. The Morgan fingerprint density at radius 3 is 2.41 bits per heavy atom. The lowest BCUT2D eigenvalue weighted by molar-refractivity contribution is -0.172. The Morgan fingerprint density at radius 2 is 1.94 bits per heavy atom. The molecule has 3 atom stereocenters. The van der Waals surface area contributed by atoms with Crippen molar-refractivity contribution in [1.29, 1.82) is 0 Å². The fourth-order valence-electron chi connectivity index (χ4n) is 4.93. The lowest BCUT2D eigenvalue weighted by atomic mass is 9.47. The number of hydrogen-bond donors (Lipinski definition) is 1. The van der Waals surface area contributed by atoms with E-state index in [0.717, 1.165) is 32.1 Å². The second-order valence-corrected chi connectivity index (χ2v) is 7.35. The van der Waals surface area contributed by atoms with Gasteiger partial charge in [-0.15, -0.1) is 0 Å². The molecule has 3 nitrogen and oxygen atoms in total. The van der Waals surface area contributed by atoms with Crippen molar-refractivity contribution in [2.24, 2.45) is 17.3 Å². The highest BCUT2D eigenvalue weighted by atomic mass is 79.9. The molecule has 0 radical (unpaired) electrons. The van der Waals surface area contributed by atoms with Crippen molar-refractivity contribution in [1.82, 2.24) is 0 Å². The normalized spacial score (nSPS) is 49.1. The van der Waals surface area contributed by atoms with Crippen LogP contribution in [0.3, 0.4) is 0 Å². The lowest BCUT2D eigenvalue weighted by Gasteiger charge is -2.61. The van der Waals surface area contributed by atoms with Crippen molar-refractivity contribution in [2.75, 3.05) is 7.11 Å². The summed E-state index contributed by atoms with van der Waals surface area (Å²) in [5.74, 6) is 1.02. The standard InChI is InChI=1S/C13H19BrO3/c1-17-11(15)10(14)12-3-8-2-9(4-12)6-13(16,5-8)7-12/h8-10,16H,2-7H2,1H3/t8-,9-,10+,12?,13?/m1/s1. The summed E-state index contributed by atoms with van der Waals surface area (Å²) in [7, 11) is 1.44. The van der Waals surface area contributed by atoms with Gasteiger partial charge in [-0.25, -0.2) is 0 Å². The number of alkyl halides is 1. The van der Waals surface area contributed by atoms with E-state index in [1.807, 2.05) is 0 Å². The molecule has 0 aliphatic heterocycles. The van der Waals surface area contributed by atoms with Crippen molar-refractivity contribution in [3.8, 4) is 0 Å². The van der Waals surface area contributed by atoms with Crippen molar-refractivity contribution >= 4 is 21.9 Å². The molecule has 4 saturated carbocycles. The monoisotopic (exact) mass is 302 g/mol. The minimum atomic E-state index is -0.510. The lowest BCUT2D eigenvalue weighted by Crippen LogP contribution is -2.59. The molecule has 17 heavy (non-hydrogen) atoms. The van der Waals surface area contributed by atoms with Crippen LogP contribution in [0.25, 0.3) is 0 Å². The number of ether oxygens (including phenoxy) is 1. The molecule has 0 unspecified atom stereocenters. The maximum Gasteiger partial charge on any atom is 0.320 e. The highest BCUT2D eigenvalue weighted by Crippen LogP contribution is 2.63. The predicted octanol–water partition coefficient (Wildman–Crippen LogP) is 2.25. The zero-order valence-corrected chi connectivity index (χ0v) is 11.7. The van der Waals surface area contributed by atoms with Crippen molar-refractivity contribution in [3.05, 3.63) is 0 Å². The van der Waals surface area contributed by atoms with Crippen LogP contribution in [0, 0.1) is 17.3 Å². The SMILES string of the molecule is COC(=O)[C@H](Br)C12C[C@H]3C[C@@H](CC(O)(C3)C1)C2. The Bertz CT molecular complexity index is 341. The fraction of sp³-hybridized carbons (Fsp3) is 0.923. The first-order valence-electron chi connectivity index (χ1n) is 6.41. The molecule has 1 N–H and O–H groups in total. The number of aliphatic hydroxyl groups is 1. The molecule has 4 bridgehead atoms. The summed E-state index contributed by atoms with van der Waals surface area (Å²) >= 11 is 3.53. The van der Waals surface area contributed by atoms with Gasteiger partial charge in [-0.05, 0) is 55.8 Å². The number of carbonyl (C=O) groups is 1. The van der Waals surface area contributed by atoms with Gasteiger partial charge in [0, 0.05) is 0 Å². The van der Waals surface area contributed by atoms with Crippen LogP contribution in [0.5, 0.6) is 0 Å². The van der Waals surface area contributed by atoms with Gasteiger partial charge in [0.1, 0.15) is 4.83 Å². The molecule has 4 aliphatic rings. The van der Waals surface area contributed by atoms with Crippen molar-refractivity contribution < 1.29 is 14.6 Å². The molecular weight excluding hydrogens is 284 g/mol. The summed E-state index contributed by atoms with van der Waals surface area (Å²) in [6.07, 6.45) is 6.01. The highest BCUT2D eigenvalue weighted by Gasteiger charge is 2.60. The summed E-state index contributed by atoms with van der Waals surface area (Å²) in [4.78, 5) is 11.5. The average molecular weight is 303 g/mol. The zero-order chi connectivity index (χ0) is 12.3. The topological polar surface area (TPSA) is 46.5 Å². The second-order valence-electron chi connectivity index (χ2n) is 6.43. The van der Waals surface area contributed by atoms with Gasteiger partial charge in [0.2, 0.25) is 0 Å². The quantitative estimate of drug-likeness (QED) is 0.629. The van der Waals surface area contributed by atoms with E-state index in [1.165, 1.54) is 13.5 Å². The molecule has 4 heteroatoms. The molecule has 0 saturated heterocycles. The van der Waals surface area contributed by atoms with E-state index in [4.69, 9.17) is 4.74 Å². The average Bonchev–Trinajstić information content (AvgIpc) is 2.23. The van der Waals surface area contributed by atoms with Gasteiger partial charge >= 0.3 is 5.97 Å². The smallest absolute Gasteiger partial charge is 0.320 e. The Morgan fingerprint density at radius 1 is 1.35 bits per heavy atom. The molecule has 96 valence electrons. The first-order chi connectivity index (χ1) is 7.96. The second kappa shape index (κ2) is 3.70. The van der Waals surface area contributed by atoms with Gasteiger partial charge in [-0.3, -0.25) is 4.79 Å². The van der Waals surface area contributed by atoms with Crippen molar-refractivity contribution in [2.45, 2.75) is 49.0 Å². The third kappa shape index (κ3) is 1.75. The maximum atomic E-state index is 11.8. The Kier molecular flexibility index (Phi) is 2.61. The van der Waals surface area contributed by atoms with Crippen LogP contribution in [0.15, 0.2) is 0 Å². The van der Waals surface area contributed by atoms with E-state index in [-0.39, 0.29) is 16.2 Å². The van der Waals surface area contributed by atoms with Gasteiger partial charge in [0.05, 0.1) is 12.7 Å². The van der Waals surface area contributed by atoms with Gasteiger partial charge in [0.15, 0.2) is 0 Å². The molecule has 0 spiro atoms. The first kappa shape index (κ1) is 12.0. The zero-order valence-electron chi connectivity index (χ0n) is 10.1. The van der Waals surface area contributed by atoms with E-state index >= 15 is 0 Å². The summed E-state index contributed by atoms with van der Waals surface area (Å²) in [5.41, 5.74) is -0.573. The van der Waals surface area contributed by atoms with Gasteiger partial charge in [-0.1, -0.05) is 15.9 Å². The Balaban J connectivity index is 1.90. The molecule has 0 aromatic heterocycles. The third-order valence-corrected chi connectivity index (χ3v) is 6.37. The minimum Gasteiger partial charge on any atom is -0.468 e. The molecule has 0 heterocycles. The van der Waals surface area contributed by atoms with Gasteiger partial charge in [-0.2, -0.15) is 0 Å². The Labute approximate surface area is 110 Å². The highest BCUT2D eigenvalue weighted by molar-refractivity contribution is 9.10. The molecular formula is C13H19BrO3. The van der Waals surface area contributed by atoms with Crippen LogP contribution in [-0.2, 0) is 9.53 Å². The Hall–Kier alpha value is -0.0900.